The molecule has 1 N–H and O–H groups in total. The van der Waals surface area contributed by atoms with Gasteiger partial charge in [-0.15, -0.1) is 0 Å². The van der Waals surface area contributed by atoms with Crippen LogP contribution in [0.1, 0.15) is 36.8 Å². The second kappa shape index (κ2) is 6.58. The average Bonchev–Trinajstić information content (AvgIpc) is 2.92. The van der Waals surface area contributed by atoms with E-state index >= 15 is 0 Å². The first-order valence-electron chi connectivity index (χ1n) is 7.13. The fraction of sp³-hybridized carbons (Fsp3) is 0.533. The Labute approximate surface area is 125 Å². The van der Waals surface area contributed by atoms with E-state index in [1.165, 1.54) is 0 Å². The molecule has 1 fully saturated rings. The number of carbonyl (C=O) groups excluding carboxylic acids is 1. The van der Waals surface area contributed by atoms with Crippen LogP contribution in [0.4, 0.5) is 0 Å². The maximum atomic E-state index is 12.2. The second-order valence-electron chi connectivity index (χ2n) is 5.47. The molecule has 21 heavy (non-hydrogen) atoms. The Morgan fingerprint density at radius 2 is 2.14 bits per heavy atom. The lowest BCUT2D eigenvalue weighted by Gasteiger charge is -2.11. The first-order valence-corrected chi connectivity index (χ1v) is 8.61. The van der Waals surface area contributed by atoms with Crippen molar-refractivity contribution in [1.29, 1.82) is 0 Å². The molecule has 0 unspecified atom stereocenters. The Morgan fingerprint density at radius 1 is 1.38 bits per heavy atom. The van der Waals surface area contributed by atoms with Gasteiger partial charge < -0.3 is 4.74 Å². The van der Waals surface area contributed by atoms with Crippen LogP contribution in [0.2, 0.25) is 0 Å². The van der Waals surface area contributed by atoms with Gasteiger partial charge in [0.1, 0.15) is 0 Å². The molecule has 0 bridgehead atoms. The Morgan fingerprint density at radius 3 is 2.81 bits per heavy atom. The SMILES string of the molecule is Cc1ccc(C)c(S(=O)(=O)NC(=O)CC[C@@H]2CCCO2)c1. The zero-order valence-electron chi connectivity index (χ0n) is 12.4. The van der Waals surface area contributed by atoms with Gasteiger partial charge in [-0.2, -0.15) is 0 Å². The van der Waals surface area contributed by atoms with Gasteiger partial charge in [0, 0.05) is 13.0 Å². The van der Waals surface area contributed by atoms with Crippen molar-refractivity contribution < 1.29 is 17.9 Å². The molecule has 1 aliphatic heterocycles. The highest BCUT2D eigenvalue weighted by Crippen LogP contribution is 2.18. The van der Waals surface area contributed by atoms with E-state index < -0.39 is 15.9 Å². The fourth-order valence-corrected chi connectivity index (χ4v) is 3.76. The van der Waals surface area contributed by atoms with Crippen LogP contribution in [0, 0.1) is 13.8 Å². The highest BCUT2D eigenvalue weighted by molar-refractivity contribution is 7.90. The largest absolute Gasteiger partial charge is 0.378 e. The molecule has 0 aliphatic carbocycles. The van der Waals surface area contributed by atoms with Crippen LogP contribution in [-0.2, 0) is 19.6 Å². The van der Waals surface area contributed by atoms with Crippen LogP contribution in [-0.4, -0.2) is 27.0 Å². The van der Waals surface area contributed by atoms with Crippen molar-refractivity contribution in [1.82, 2.24) is 4.72 Å². The summed E-state index contributed by atoms with van der Waals surface area (Å²) < 4.78 is 32.1. The maximum absolute atomic E-state index is 12.2. The minimum atomic E-state index is -3.80. The molecular formula is C15H21NO4S. The Bertz CT molecular complexity index is 619. The molecule has 1 aromatic rings. The molecule has 0 saturated carbocycles. The summed E-state index contributed by atoms with van der Waals surface area (Å²) in [7, 11) is -3.80. The van der Waals surface area contributed by atoms with Gasteiger partial charge in [-0.05, 0) is 50.3 Å². The number of ether oxygens (including phenoxy) is 1. The van der Waals surface area contributed by atoms with Gasteiger partial charge >= 0.3 is 0 Å². The second-order valence-corrected chi connectivity index (χ2v) is 7.12. The normalized spacial score (nSPS) is 18.7. The van der Waals surface area contributed by atoms with Crippen molar-refractivity contribution in [3.05, 3.63) is 29.3 Å². The topological polar surface area (TPSA) is 72.5 Å². The summed E-state index contributed by atoms with van der Waals surface area (Å²) in [6.45, 7) is 4.26. The molecule has 1 aromatic carbocycles. The smallest absolute Gasteiger partial charge is 0.264 e. The van der Waals surface area contributed by atoms with Gasteiger partial charge in [0.25, 0.3) is 10.0 Å². The number of amides is 1. The van der Waals surface area contributed by atoms with Gasteiger partial charge in [-0.25, -0.2) is 13.1 Å². The highest BCUT2D eigenvalue weighted by Gasteiger charge is 2.22. The molecule has 1 atom stereocenters. The van der Waals surface area contributed by atoms with Crippen molar-refractivity contribution >= 4 is 15.9 Å². The van der Waals surface area contributed by atoms with Crippen molar-refractivity contribution in [2.24, 2.45) is 0 Å². The lowest BCUT2D eigenvalue weighted by Crippen LogP contribution is -2.31. The highest BCUT2D eigenvalue weighted by atomic mass is 32.2. The lowest BCUT2D eigenvalue weighted by molar-refractivity contribution is -0.119. The summed E-state index contributed by atoms with van der Waals surface area (Å²) in [5.41, 5.74) is 1.47. The van der Waals surface area contributed by atoms with Crippen LogP contribution >= 0.6 is 0 Å². The molecule has 1 amide bonds. The van der Waals surface area contributed by atoms with Crippen molar-refractivity contribution in [3.8, 4) is 0 Å². The standard InChI is InChI=1S/C15H21NO4S/c1-11-5-6-12(2)14(10-11)21(18,19)16-15(17)8-7-13-4-3-9-20-13/h5-6,10,13H,3-4,7-9H2,1-2H3,(H,16,17)/t13-/m0/s1. The number of rotatable bonds is 5. The quantitative estimate of drug-likeness (QED) is 0.903. The van der Waals surface area contributed by atoms with Crippen LogP contribution in [0.3, 0.4) is 0 Å². The van der Waals surface area contributed by atoms with Crippen molar-refractivity contribution in [3.63, 3.8) is 0 Å². The van der Waals surface area contributed by atoms with E-state index in [1.54, 1.807) is 19.1 Å². The van der Waals surface area contributed by atoms with Gasteiger partial charge in [0.15, 0.2) is 0 Å². The molecule has 5 nitrogen and oxygen atoms in total. The van der Waals surface area contributed by atoms with Crippen LogP contribution in [0.15, 0.2) is 23.1 Å². The maximum Gasteiger partial charge on any atom is 0.264 e. The number of benzene rings is 1. The van der Waals surface area contributed by atoms with Gasteiger partial charge in [0.05, 0.1) is 11.0 Å². The lowest BCUT2D eigenvalue weighted by atomic mass is 10.1. The molecule has 1 heterocycles. The van der Waals surface area contributed by atoms with E-state index in [1.807, 2.05) is 13.0 Å². The Kier molecular flexibility index (Phi) is 5.00. The molecular weight excluding hydrogens is 290 g/mol. The molecule has 0 radical (unpaired) electrons. The molecule has 2 rings (SSSR count). The zero-order chi connectivity index (χ0) is 15.5. The van der Waals surface area contributed by atoms with E-state index in [9.17, 15) is 13.2 Å². The molecule has 0 aromatic heterocycles. The summed E-state index contributed by atoms with van der Waals surface area (Å²) in [6.07, 6.45) is 2.76. The van der Waals surface area contributed by atoms with Crippen molar-refractivity contribution in [2.75, 3.05) is 6.61 Å². The van der Waals surface area contributed by atoms with Crippen LogP contribution in [0.25, 0.3) is 0 Å². The summed E-state index contributed by atoms with van der Waals surface area (Å²) in [4.78, 5) is 12.0. The summed E-state index contributed by atoms with van der Waals surface area (Å²) in [5, 5.41) is 0. The van der Waals surface area contributed by atoms with E-state index in [-0.39, 0.29) is 17.4 Å². The monoisotopic (exact) mass is 311 g/mol. The van der Waals surface area contributed by atoms with E-state index in [0.29, 0.717) is 12.0 Å². The molecule has 116 valence electrons. The Balaban J connectivity index is 1.99. The predicted octanol–water partition coefficient (Wildman–Crippen LogP) is 2.07. The number of sulfonamides is 1. The van der Waals surface area contributed by atoms with E-state index in [2.05, 4.69) is 4.72 Å². The number of hydrogen-bond acceptors (Lipinski definition) is 4. The third kappa shape index (κ3) is 4.28. The minimum absolute atomic E-state index is 0.0826. The average molecular weight is 311 g/mol. The first-order chi connectivity index (χ1) is 9.88. The van der Waals surface area contributed by atoms with Gasteiger partial charge in [-0.1, -0.05) is 12.1 Å². The van der Waals surface area contributed by atoms with Crippen molar-refractivity contribution in [2.45, 2.75) is 50.5 Å². The Hall–Kier alpha value is -1.40. The summed E-state index contributed by atoms with van der Waals surface area (Å²) in [6, 6.07) is 5.15. The molecule has 6 heteroatoms. The zero-order valence-corrected chi connectivity index (χ0v) is 13.2. The first kappa shape index (κ1) is 16.0. The summed E-state index contributed by atoms with van der Waals surface area (Å²) >= 11 is 0. The molecule has 1 aliphatic rings. The molecule has 0 spiro atoms. The third-order valence-electron chi connectivity index (χ3n) is 3.60. The third-order valence-corrected chi connectivity index (χ3v) is 5.11. The minimum Gasteiger partial charge on any atom is -0.378 e. The number of aryl methyl sites for hydroxylation is 2. The number of hydrogen-bond donors (Lipinski definition) is 1. The van der Waals surface area contributed by atoms with Gasteiger partial charge in [0.2, 0.25) is 5.91 Å². The fourth-order valence-electron chi connectivity index (χ4n) is 2.42. The molecule has 1 saturated heterocycles. The van der Waals surface area contributed by atoms with Crippen LogP contribution < -0.4 is 4.72 Å². The van der Waals surface area contributed by atoms with Crippen LogP contribution in [0.5, 0.6) is 0 Å². The predicted molar refractivity (Wildman–Crippen MR) is 79.5 cm³/mol. The van der Waals surface area contributed by atoms with E-state index in [4.69, 9.17) is 4.74 Å². The number of nitrogens with one attached hydrogen (secondary N) is 1. The number of carbonyl (C=O) groups is 1. The van der Waals surface area contributed by atoms with Gasteiger partial charge in [-0.3, -0.25) is 4.79 Å². The summed E-state index contributed by atoms with van der Waals surface area (Å²) in [5.74, 6) is -0.480. The van der Waals surface area contributed by atoms with E-state index in [0.717, 1.165) is 25.0 Å².